The number of hydrogen-bond acceptors (Lipinski definition) is 5. The summed E-state index contributed by atoms with van der Waals surface area (Å²) < 4.78 is 38.6. The summed E-state index contributed by atoms with van der Waals surface area (Å²) in [5.41, 5.74) is 2.97. The monoisotopic (exact) mass is 464 g/mol. The molecule has 0 atom stereocenters. The van der Waals surface area contributed by atoms with E-state index < -0.39 is 15.9 Å². The maximum Gasteiger partial charge on any atom is 0.270 e. The van der Waals surface area contributed by atoms with Crippen LogP contribution in [0, 0.1) is 0 Å². The molecule has 0 saturated carbocycles. The van der Waals surface area contributed by atoms with Gasteiger partial charge in [-0.1, -0.05) is 54.6 Å². The Bertz CT molecular complexity index is 1330. The van der Waals surface area contributed by atoms with Crippen LogP contribution in [-0.4, -0.2) is 35.6 Å². The van der Waals surface area contributed by atoms with Gasteiger partial charge in [0.05, 0.1) is 19.9 Å². The van der Waals surface area contributed by atoms with Crippen molar-refractivity contribution in [1.82, 2.24) is 5.32 Å². The van der Waals surface area contributed by atoms with Crippen LogP contribution >= 0.6 is 0 Å². The molecule has 0 fully saturated rings. The lowest BCUT2D eigenvalue weighted by molar-refractivity contribution is -0.117. The van der Waals surface area contributed by atoms with Crippen LogP contribution in [-0.2, 0) is 21.4 Å². The van der Waals surface area contributed by atoms with Gasteiger partial charge in [-0.15, -0.1) is 0 Å². The molecule has 8 heteroatoms. The van der Waals surface area contributed by atoms with E-state index >= 15 is 0 Å². The highest BCUT2D eigenvalue weighted by Gasteiger charge is 2.39. The number of sulfonamides is 1. The van der Waals surface area contributed by atoms with Crippen LogP contribution in [0.1, 0.15) is 16.7 Å². The SMILES string of the molecule is COc1ccc(CNC(=O)C2=C(c3ccccc3)c3ccccc3N(C)S2(=O)=O)cc1OC. The number of fused-ring (bicyclic) bond motifs is 1. The molecular weight excluding hydrogens is 440 g/mol. The van der Waals surface area contributed by atoms with Crippen LogP contribution in [0.4, 0.5) is 5.69 Å². The minimum absolute atomic E-state index is 0.117. The van der Waals surface area contributed by atoms with E-state index in [4.69, 9.17) is 9.47 Å². The molecule has 7 nitrogen and oxygen atoms in total. The van der Waals surface area contributed by atoms with Gasteiger partial charge < -0.3 is 14.8 Å². The molecule has 1 N–H and O–H groups in total. The van der Waals surface area contributed by atoms with Crippen molar-refractivity contribution >= 4 is 27.2 Å². The first kappa shape index (κ1) is 22.4. The third kappa shape index (κ3) is 4.05. The summed E-state index contributed by atoms with van der Waals surface area (Å²) in [6, 6.07) is 21.5. The normalized spacial score (nSPS) is 14.5. The number of benzene rings is 3. The van der Waals surface area contributed by atoms with Crippen LogP contribution in [0.25, 0.3) is 5.57 Å². The Morgan fingerprint density at radius 2 is 1.58 bits per heavy atom. The first-order chi connectivity index (χ1) is 15.9. The Labute approximate surface area is 193 Å². The summed E-state index contributed by atoms with van der Waals surface area (Å²) in [7, 11) is 0.440. The molecule has 3 aromatic rings. The van der Waals surface area contributed by atoms with Crippen LogP contribution in [0.15, 0.2) is 77.7 Å². The fourth-order valence-electron chi connectivity index (χ4n) is 3.85. The van der Waals surface area contributed by atoms with Gasteiger partial charge in [-0.3, -0.25) is 9.10 Å². The number of rotatable bonds is 6. The van der Waals surface area contributed by atoms with Crippen molar-refractivity contribution in [3.63, 3.8) is 0 Å². The van der Waals surface area contributed by atoms with Crippen molar-refractivity contribution in [1.29, 1.82) is 0 Å². The molecule has 1 heterocycles. The fourth-order valence-corrected chi connectivity index (χ4v) is 5.34. The summed E-state index contributed by atoms with van der Waals surface area (Å²) in [4.78, 5) is 13.1. The fraction of sp³-hybridized carbons (Fsp3) is 0.160. The molecule has 170 valence electrons. The van der Waals surface area contributed by atoms with E-state index in [1.165, 1.54) is 14.2 Å². The standard InChI is InChI=1S/C25H24N2O5S/c1-27-20-12-8-7-11-19(20)23(18-9-5-4-6-10-18)24(33(27,29)30)25(28)26-16-17-13-14-21(31-2)22(15-17)32-3/h4-15H,16H2,1-3H3,(H,26,28). The lowest BCUT2D eigenvalue weighted by atomic mass is 9.95. The Morgan fingerprint density at radius 3 is 2.27 bits per heavy atom. The maximum atomic E-state index is 13.5. The lowest BCUT2D eigenvalue weighted by Gasteiger charge is -2.30. The second kappa shape index (κ2) is 8.99. The Morgan fingerprint density at radius 1 is 0.909 bits per heavy atom. The summed E-state index contributed by atoms with van der Waals surface area (Å²) >= 11 is 0. The molecule has 0 aliphatic carbocycles. The van der Waals surface area contributed by atoms with Gasteiger partial charge in [0.25, 0.3) is 15.9 Å². The van der Waals surface area contributed by atoms with Gasteiger partial charge >= 0.3 is 0 Å². The number of nitrogens with one attached hydrogen (secondary N) is 1. The van der Waals surface area contributed by atoms with Crippen LogP contribution in [0.5, 0.6) is 11.5 Å². The molecule has 0 unspecified atom stereocenters. The summed E-state index contributed by atoms with van der Waals surface area (Å²) in [5, 5.41) is 2.77. The first-order valence-corrected chi connectivity index (χ1v) is 11.7. The average molecular weight is 465 g/mol. The number of methoxy groups -OCH3 is 2. The summed E-state index contributed by atoms with van der Waals surface area (Å²) in [6.45, 7) is 0.117. The molecule has 1 aliphatic rings. The van der Waals surface area contributed by atoms with E-state index in [-0.39, 0.29) is 11.4 Å². The van der Waals surface area contributed by atoms with E-state index in [0.29, 0.717) is 33.9 Å². The zero-order chi connectivity index (χ0) is 23.6. The Hall–Kier alpha value is -3.78. The molecule has 0 aromatic heterocycles. The minimum atomic E-state index is -4.08. The molecule has 3 aromatic carbocycles. The molecule has 0 bridgehead atoms. The topological polar surface area (TPSA) is 84.9 Å². The molecule has 0 radical (unpaired) electrons. The van der Waals surface area contributed by atoms with Gasteiger partial charge in [0.2, 0.25) is 0 Å². The van der Waals surface area contributed by atoms with E-state index in [1.54, 1.807) is 49.6 Å². The zero-order valence-corrected chi connectivity index (χ0v) is 19.3. The van der Waals surface area contributed by atoms with E-state index in [2.05, 4.69) is 5.32 Å². The van der Waals surface area contributed by atoms with Crippen LogP contribution < -0.4 is 19.1 Å². The van der Waals surface area contributed by atoms with Crippen molar-refractivity contribution in [2.24, 2.45) is 0 Å². The third-order valence-electron chi connectivity index (χ3n) is 5.53. The molecule has 0 spiro atoms. The second-order valence-electron chi connectivity index (χ2n) is 7.43. The first-order valence-electron chi connectivity index (χ1n) is 10.3. The molecule has 33 heavy (non-hydrogen) atoms. The number of hydrogen-bond donors (Lipinski definition) is 1. The quantitative estimate of drug-likeness (QED) is 0.603. The lowest BCUT2D eigenvalue weighted by Crippen LogP contribution is -2.39. The predicted molar refractivity (Wildman–Crippen MR) is 128 cm³/mol. The van der Waals surface area contributed by atoms with E-state index in [1.807, 2.05) is 30.3 Å². The third-order valence-corrected chi connectivity index (χ3v) is 7.35. The molecular formula is C25H24N2O5S. The zero-order valence-electron chi connectivity index (χ0n) is 18.5. The number of anilines is 1. The van der Waals surface area contributed by atoms with Crippen molar-refractivity contribution in [3.8, 4) is 11.5 Å². The smallest absolute Gasteiger partial charge is 0.270 e. The van der Waals surface area contributed by atoms with Crippen molar-refractivity contribution in [3.05, 3.63) is 94.4 Å². The van der Waals surface area contributed by atoms with Crippen molar-refractivity contribution < 1.29 is 22.7 Å². The number of carbonyl (C=O) groups is 1. The van der Waals surface area contributed by atoms with Gasteiger partial charge in [0, 0.05) is 24.7 Å². The van der Waals surface area contributed by atoms with Gasteiger partial charge in [-0.25, -0.2) is 8.42 Å². The number of para-hydroxylation sites is 1. The van der Waals surface area contributed by atoms with Crippen molar-refractivity contribution in [2.75, 3.05) is 25.6 Å². The van der Waals surface area contributed by atoms with E-state index in [9.17, 15) is 13.2 Å². The number of carbonyl (C=O) groups excluding carboxylic acids is 1. The predicted octanol–water partition coefficient (Wildman–Crippen LogP) is 3.56. The molecule has 4 rings (SSSR count). The largest absolute Gasteiger partial charge is 0.493 e. The average Bonchev–Trinajstić information content (AvgIpc) is 2.84. The highest BCUT2D eigenvalue weighted by atomic mass is 32.2. The number of ether oxygens (including phenoxy) is 2. The van der Waals surface area contributed by atoms with Gasteiger partial charge in [-0.05, 0) is 29.3 Å². The summed E-state index contributed by atoms with van der Waals surface area (Å²) in [6.07, 6.45) is 0. The molecule has 0 saturated heterocycles. The van der Waals surface area contributed by atoms with Crippen LogP contribution in [0.2, 0.25) is 0 Å². The van der Waals surface area contributed by atoms with Gasteiger partial charge in [0.15, 0.2) is 16.4 Å². The minimum Gasteiger partial charge on any atom is -0.493 e. The molecule has 1 aliphatic heterocycles. The second-order valence-corrected chi connectivity index (χ2v) is 9.34. The Kier molecular flexibility index (Phi) is 6.11. The van der Waals surface area contributed by atoms with Crippen molar-refractivity contribution in [2.45, 2.75) is 6.54 Å². The van der Waals surface area contributed by atoms with Gasteiger partial charge in [-0.2, -0.15) is 0 Å². The number of nitrogens with zero attached hydrogens (tertiary/aromatic N) is 1. The van der Waals surface area contributed by atoms with E-state index in [0.717, 1.165) is 9.87 Å². The van der Waals surface area contributed by atoms with Crippen LogP contribution in [0.3, 0.4) is 0 Å². The highest BCUT2D eigenvalue weighted by Crippen LogP contribution is 2.41. The summed E-state index contributed by atoms with van der Waals surface area (Å²) in [5.74, 6) is 0.409. The Balaban J connectivity index is 1.78. The van der Waals surface area contributed by atoms with Gasteiger partial charge in [0.1, 0.15) is 0 Å². The highest BCUT2D eigenvalue weighted by molar-refractivity contribution is 7.97. The number of amides is 1. The molecule has 1 amide bonds. The maximum absolute atomic E-state index is 13.5.